The van der Waals surface area contributed by atoms with E-state index in [-0.39, 0.29) is 5.91 Å². The second kappa shape index (κ2) is 7.99. The average molecular weight is 232 g/mol. The lowest BCUT2D eigenvalue weighted by Crippen LogP contribution is -2.36. The molecule has 1 amide bonds. The van der Waals surface area contributed by atoms with Gasteiger partial charge in [0, 0.05) is 5.25 Å². The van der Waals surface area contributed by atoms with Crippen LogP contribution in [0.15, 0.2) is 0 Å². The van der Waals surface area contributed by atoms with Gasteiger partial charge in [-0.15, -0.1) is 0 Å². The Hall–Kier alpha value is -0.220. The van der Waals surface area contributed by atoms with E-state index in [0.717, 1.165) is 18.8 Å². The van der Waals surface area contributed by atoms with Crippen LogP contribution in [0.4, 0.5) is 0 Å². The van der Waals surface area contributed by atoms with Gasteiger partial charge in [0.2, 0.25) is 5.91 Å². The van der Waals surface area contributed by atoms with Crippen molar-refractivity contribution in [1.29, 1.82) is 0 Å². The molecule has 3 atom stereocenters. The van der Waals surface area contributed by atoms with Crippen molar-refractivity contribution in [2.45, 2.75) is 51.3 Å². The van der Waals surface area contributed by atoms with Crippen molar-refractivity contribution in [2.75, 3.05) is 5.75 Å². The fraction of sp³-hybridized carbons (Fsp3) is 0.909. The van der Waals surface area contributed by atoms with Crippen LogP contribution >= 0.6 is 11.8 Å². The van der Waals surface area contributed by atoms with Crippen molar-refractivity contribution in [3.63, 3.8) is 0 Å². The molecule has 4 N–H and O–H groups in total. The zero-order valence-electron chi connectivity index (χ0n) is 10.0. The van der Waals surface area contributed by atoms with Crippen LogP contribution in [-0.4, -0.2) is 23.0 Å². The summed E-state index contributed by atoms with van der Waals surface area (Å²) in [6.45, 7) is 6.26. The van der Waals surface area contributed by atoms with Crippen LogP contribution < -0.4 is 11.5 Å². The maximum Gasteiger partial charge on any atom is 0.234 e. The highest BCUT2D eigenvalue weighted by Crippen LogP contribution is 2.33. The number of rotatable bonds is 4. The van der Waals surface area contributed by atoms with E-state index >= 15 is 0 Å². The molecule has 1 aliphatic rings. The molecule has 0 aromatic carbocycles. The van der Waals surface area contributed by atoms with Gasteiger partial charge in [0.25, 0.3) is 0 Å². The molecule has 0 bridgehead atoms. The van der Waals surface area contributed by atoms with E-state index in [1.165, 1.54) is 12.2 Å². The number of thioether (sulfide) groups is 1. The summed E-state index contributed by atoms with van der Waals surface area (Å²) in [7, 11) is 0. The number of primary amides is 1. The smallest absolute Gasteiger partial charge is 0.234 e. The molecule has 1 heterocycles. The minimum absolute atomic E-state index is 0.379. The van der Waals surface area contributed by atoms with Gasteiger partial charge in [-0.2, -0.15) is 11.8 Å². The fourth-order valence-electron chi connectivity index (χ4n) is 1.59. The third-order valence-corrected chi connectivity index (χ3v) is 4.11. The minimum Gasteiger partial charge on any atom is -0.368 e. The van der Waals surface area contributed by atoms with Gasteiger partial charge in [0.05, 0.1) is 6.04 Å². The largest absolute Gasteiger partial charge is 0.368 e. The molecule has 1 fully saturated rings. The highest BCUT2D eigenvalue weighted by Gasteiger charge is 2.22. The number of hydrogen-bond acceptors (Lipinski definition) is 3. The number of carbonyl (C=O) groups excluding carboxylic acids is 1. The molecule has 0 spiro atoms. The molecular weight excluding hydrogens is 208 g/mol. The Bertz CT molecular complexity index is 187. The molecule has 0 radical (unpaired) electrons. The van der Waals surface area contributed by atoms with Crippen molar-refractivity contribution < 1.29 is 4.79 Å². The molecule has 3 nitrogen and oxygen atoms in total. The van der Waals surface area contributed by atoms with Gasteiger partial charge in [-0.3, -0.25) is 4.79 Å². The molecule has 0 aliphatic carbocycles. The van der Waals surface area contributed by atoms with Crippen LogP contribution in [0.3, 0.4) is 0 Å². The minimum atomic E-state index is -0.448. The van der Waals surface area contributed by atoms with E-state index in [1.807, 2.05) is 25.6 Å². The number of hydrogen-bond donors (Lipinski definition) is 2. The van der Waals surface area contributed by atoms with E-state index in [1.54, 1.807) is 0 Å². The summed E-state index contributed by atoms with van der Waals surface area (Å²) < 4.78 is 0. The monoisotopic (exact) mass is 232 g/mol. The quantitative estimate of drug-likeness (QED) is 0.776. The highest BCUT2D eigenvalue weighted by molar-refractivity contribution is 8.00. The summed E-state index contributed by atoms with van der Waals surface area (Å²) in [5, 5.41) is 0.695. The average Bonchev–Trinajstić information content (AvgIpc) is 2.63. The molecule has 0 unspecified atom stereocenters. The lowest BCUT2D eigenvalue weighted by atomic mass is 10.0. The predicted molar refractivity (Wildman–Crippen MR) is 67.8 cm³/mol. The Balaban J connectivity index is 0.000000921. The predicted octanol–water partition coefficient (Wildman–Crippen LogP) is 1.75. The van der Waals surface area contributed by atoms with Crippen molar-refractivity contribution in [2.24, 2.45) is 17.4 Å². The van der Waals surface area contributed by atoms with Gasteiger partial charge in [-0.25, -0.2) is 0 Å². The maximum absolute atomic E-state index is 10.7. The molecule has 1 aliphatic heterocycles. The lowest BCUT2D eigenvalue weighted by Gasteiger charge is -2.11. The van der Waals surface area contributed by atoms with E-state index < -0.39 is 6.04 Å². The zero-order valence-corrected chi connectivity index (χ0v) is 10.8. The van der Waals surface area contributed by atoms with Gasteiger partial charge in [-0.05, 0) is 30.9 Å². The summed E-state index contributed by atoms with van der Waals surface area (Å²) in [6.07, 6.45) is 3.02. The number of nitrogens with two attached hydrogens (primary N) is 2. The van der Waals surface area contributed by atoms with Gasteiger partial charge in [-0.1, -0.05) is 20.8 Å². The Morgan fingerprint density at radius 1 is 1.53 bits per heavy atom. The summed E-state index contributed by atoms with van der Waals surface area (Å²) in [4.78, 5) is 10.7. The van der Waals surface area contributed by atoms with Crippen molar-refractivity contribution in [3.8, 4) is 0 Å². The maximum atomic E-state index is 10.7. The molecule has 15 heavy (non-hydrogen) atoms. The van der Waals surface area contributed by atoms with Crippen LogP contribution in [0.2, 0.25) is 0 Å². The molecule has 0 saturated carbocycles. The van der Waals surface area contributed by atoms with Crippen molar-refractivity contribution >= 4 is 17.7 Å². The zero-order chi connectivity index (χ0) is 11.8. The molecule has 90 valence electrons. The summed E-state index contributed by atoms with van der Waals surface area (Å²) in [6, 6.07) is -0.448. The molecule has 0 aromatic rings. The van der Waals surface area contributed by atoms with E-state index in [0.29, 0.717) is 5.25 Å². The Morgan fingerprint density at radius 3 is 2.53 bits per heavy atom. The van der Waals surface area contributed by atoms with Gasteiger partial charge in [0.15, 0.2) is 0 Å². The first-order chi connectivity index (χ1) is 7.09. The van der Waals surface area contributed by atoms with Crippen LogP contribution in [-0.2, 0) is 4.79 Å². The Labute approximate surface area is 97.4 Å². The third-order valence-electron chi connectivity index (χ3n) is 2.45. The second-order valence-corrected chi connectivity index (χ2v) is 5.22. The Kier molecular flexibility index (Phi) is 7.88. The molecular formula is C11H24N2OS. The normalized spacial score (nSPS) is 26.7. The van der Waals surface area contributed by atoms with Crippen molar-refractivity contribution in [3.05, 3.63) is 0 Å². The van der Waals surface area contributed by atoms with Gasteiger partial charge >= 0.3 is 0 Å². The molecule has 1 rings (SSSR count). The second-order valence-electron chi connectivity index (χ2n) is 3.88. The lowest BCUT2D eigenvalue weighted by molar-refractivity contribution is -0.119. The molecule has 1 saturated heterocycles. The van der Waals surface area contributed by atoms with E-state index in [2.05, 4.69) is 6.92 Å². The fourth-order valence-corrected chi connectivity index (χ4v) is 3.10. The highest BCUT2D eigenvalue weighted by atomic mass is 32.2. The van der Waals surface area contributed by atoms with E-state index in [9.17, 15) is 4.79 Å². The van der Waals surface area contributed by atoms with Crippen LogP contribution in [0.25, 0.3) is 0 Å². The first-order valence-corrected chi connectivity index (χ1v) is 6.81. The summed E-state index contributed by atoms with van der Waals surface area (Å²) in [5.74, 6) is 1.69. The van der Waals surface area contributed by atoms with Gasteiger partial charge in [0.1, 0.15) is 0 Å². The molecule has 0 aromatic heterocycles. The van der Waals surface area contributed by atoms with Crippen molar-refractivity contribution in [1.82, 2.24) is 0 Å². The summed E-state index contributed by atoms with van der Waals surface area (Å²) >= 11 is 2.00. The van der Waals surface area contributed by atoms with Crippen LogP contribution in [0, 0.1) is 5.92 Å². The third kappa shape index (κ3) is 6.05. The SMILES string of the molecule is CC.C[C@@H]1CS[C@@H](CC[C@H](N)C(N)=O)C1. The standard InChI is InChI=1S/C9H18N2OS.C2H6/c1-6-4-7(13-5-6)2-3-8(10)9(11)12;1-2/h6-8H,2-5,10H2,1H3,(H2,11,12);1-2H3/t6-,7-,8-;/m0./s1. The molecule has 4 heteroatoms. The summed E-state index contributed by atoms with van der Waals surface area (Å²) in [5.41, 5.74) is 10.6. The van der Waals surface area contributed by atoms with Gasteiger partial charge < -0.3 is 11.5 Å². The Morgan fingerprint density at radius 2 is 2.13 bits per heavy atom. The first kappa shape index (κ1) is 14.8. The van der Waals surface area contributed by atoms with E-state index in [4.69, 9.17) is 11.5 Å². The van der Waals surface area contributed by atoms with Crippen LogP contribution in [0.5, 0.6) is 0 Å². The number of amides is 1. The topological polar surface area (TPSA) is 69.1 Å². The first-order valence-electron chi connectivity index (χ1n) is 5.76. The van der Waals surface area contributed by atoms with Crippen LogP contribution in [0.1, 0.15) is 40.0 Å². The number of carbonyl (C=O) groups is 1.